The van der Waals surface area contributed by atoms with Gasteiger partial charge in [-0.2, -0.15) is 0 Å². The summed E-state index contributed by atoms with van der Waals surface area (Å²) in [6.45, 7) is 3.45. The number of fused-ring (bicyclic) bond motifs is 1. The molecule has 4 rings (SSSR count). The molecule has 0 fully saturated rings. The highest BCUT2D eigenvalue weighted by atomic mass is 16.5. The number of nitrogens with one attached hydrogen (secondary N) is 1. The number of pyridine rings is 1. The highest BCUT2D eigenvalue weighted by Crippen LogP contribution is 2.37. The molecular weight excluding hydrogens is 336 g/mol. The molecule has 2 heterocycles. The number of benzene rings is 2. The Bertz CT molecular complexity index is 925. The average molecular weight is 360 g/mol. The monoisotopic (exact) mass is 360 g/mol. The first-order chi connectivity index (χ1) is 13.2. The van der Waals surface area contributed by atoms with E-state index in [1.165, 1.54) is 11.1 Å². The lowest BCUT2D eigenvalue weighted by Crippen LogP contribution is -2.31. The number of ether oxygens (including phenoxy) is 2. The minimum atomic E-state index is 0.0682. The Labute approximate surface area is 160 Å². The Hall–Kier alpha value is -2.85. The lowest BCUT2D eigenvalue weighted by atomic mass is 9.91. The molecule has 1 unspecified atom stereocenters. The van der Waals surface area contributed by atoms with Crippen LogP contribution in [0.25, 0.3) is 0 Å². The van der Waals surface area contributed by atoms with E-state index in [0.29, 0.717) is 6.61 Å². The number of hydrogen-bond donors (Lipinski definition) is 1. The van der Waals surface area contributed by atoms with Gasteiger partial charge in [0.05, 0.1) is 18.8 Å². The quantitative estimate of drug-likeness (QED) is 0.740. The molecule has 1 aromatic heterocycles. The van der Waals surface area contributed by atoms with Crippen molar-refractivity contribution >= 4 is 0 Å². The molecule has 3 aromatic rings. The highest BCUT2D eigenvalue weighted by molar-refractivity contribution is 5.51. The predicted molar refractivity (Wildman–Crippen MR) is 106 cm³/mol. The molecule has 27 heavy (non-hydrogen) atoms. The van der Waals surface area contributed by atoms with Crippen molar-refractivity contribution in [3.63, 3.8) is 0 Å². The van der Waals surface area contributed by atoms with Gasteiger partial charge < -0.3 is 14.8 Å². The van der Waals surface area contributed by atoms with Crippen LogP contribution in [0.1, 0.15) is 34.1 Å². The number of hydrogen-bond acceptors (Lipinski definition) is 4. The van der Waals surface area contributed by atoms with Crippen molar-refractivity contribution < 1.29 is 9.47 Å². The van der Waals surface area contributed by atoms with E-state index in [0.717, 1.165) is 41.4 Å². The summed E-state index contributed by atoms with van der Waals surface area (Å²) in [4.78, 5) is 4.73. The third-order valence-electron chi connectivity index (χ3n) is 4.92. The van der Waals surface area contributed by atoms with Crippen LogP contribution in [-0.2, 0) is 13.0 Å². The molecule has 2 aromatic carbocycles. The van der Waals surface area contributed by atoms with Gasteiger partial charge in [-0.15, -0.1) is 0 Å². The summed E-state index contributed by atoms with van der Waals surface area (Å²) in [7, 11) is 1.69. The van der Waals surface area contributed by atoms with E-state index in [4.69, 9.17) is 14.5 Å². The van der Waals surface area contributed by atoms with E-state index in [2.05, 4.69) is 41.7 Å². The third-order valence-corrected chi connectivity index (χ3v) is 4.92. The zero-order valence-corrected chi connectivity index (χ0v) is 15.7. The van der Waals surface area contributed by atoms with Gasteiger partial charge in [-0.1, -0.05) is 36.4 Å². The van der Waals surface area contributed by atoms with Crippen molar-refractivity contribution in [1.29, 1.82) is 0 Å². The van der Waals surface area contributed by atoms with Crippen molar-refractivity contribution in [3.8, 4) is 11.5 Å². The van der Waals surface area contributed by atoms with Gasteiger partial charge in [-0.25, -0.2) is 0 Å². The zero-order chi connectivity index (χ0) is 18.6. The molecule has 1 aliphatic heterocycles. The van der Waals surface area contributed by atoms with Crippen LogP contribution < -0.4 is 14.8 Å². The minimum Gasteiger partial charge on any atom is -0.493 e. The Kier molecular flexibility index (Phi) is 5.07. The molecule has 1 aliphatic rings. The summed E-state index contributed by atoms with van der Waals surface area (Å²) in [6.07, 6.45) is 0.965. The maximum Gasteiger partial charge on any atom is 0.162 e. The Morgan fingerprint density at radius 3 is 2.67 bits per heavy atom. The van der Waals surface area contributed by atoms with E-state index >= 15 is 0 Å². The molecule has 4 nitrogen and oxygen atoms in total. The van der Waals surface area contributed by atoms with Gasteiger partial charge in [-0.05, 0) is 54.3 Å². The summed E-state index contributed by atoms with van der Waals surface area (Å²) >= 11 is 0. The maximum atomic E-state index is 6.11. The van der Waals surface area contributed by atoms with Gasteiger partial charge in [-0.3, -0.25) is 4.98 Å². The number of aryl methyl sites for hydroxylation is 1. The molecule has 0 spiro atoms. The average Bonchev–Trinajstić information content (AvgIpc) is 2.71. The number of aromatic nitrogens is 1. The normalized spacial score (nSPS) is 15.9. The van der Waals surface area contributed by atoms with E-state index < -0.39 is 0 Å². The highest BCUT2D eigenvalue weighted by Gasteiger charge is 2.25. The van der Waals surface area contributed by atoms with Gasteiger partial charge >= 0.3 is 0 Å². The lowest BCUT2D eigenvalue weighted by molar-refractivity contribution is 0.283. The second-order valence-corrected chi connectivity index (χ2v) is 6.82. The zero-order valence-electron chi connectivity index (χ0n) is 15.7. The van der Waals surface area contributed by atoms with Gasteiger partial charge in [0.2, 0.25) is 0 Å². The smallest absolute Gasteiger partial charge is 0.162 e. The number of rotatable bonds is 5. The first-order valence-electron chi connectivity index (χ1n) is 9.29. The fourth-order valence-corrected chi connectivity index (χ4v) is 3.56. The molecule has 4 heteroatoms. The molecule has 1 N–H and O–H groups in total. The molecule has 0 saturated carbocycles. The first kappa shape index (κ1) is 17.6. The van der Waals surface area contributed by atoms with Crippen molar-refractivity contribution in [2.45, 2.75) is 26.0 Å². The van der Waals surface area contributed by atoms with Gasteiger partial charge in [0.15, 0.2) is 11.5 Å². The Morgan fingerprint density at radius 2 is 1.89 bits per heavy atom. The summed E-state index contributed by atoms with van der Waals surface area (Å²) in [5, 5.41) is 3.60. The van der Waals surface area contributed by atoms with Crippen molar-refractivity contribution in [2.24, 2.45) is 0 Å². The maximum absolute atomic E-state index is 6.11. The number of nitrogens with zero attached hydrogens (tertiary/aromatic N) is 1. The molecule has 0 amide bonds. The van der Waals surface area contributed by atoms with Crippen LogP contribution in [0.2, 0.25) is 0 Å². The van der Waals surface area contributed by atoms with Crippen molar-refractivity contribution in [3.05, 3.63) is 88.7 Å². The van der Waals surface area contributed by atoms with Crippen LogP contribution in [-0.4, -0.2) is 18.6 Å². The minimum absolute atomic E-state index is 0.0682. The van der Waals surface area contributed by atoms with Gasteiger partial charge in [0, 0.05) is 12.2 Å². The van der Waals surface area contributed by atoms with Crippen LogP contribution in [0.3, 0.4) is 0 Å². The van der Waals surface area contributed by atoms with E-state index in [1.54, 1.807) is 7.11 Å². The molecular formula is C23H24N2O2. The van der Waals surface area contributed by atoms with Crippen molar-refractivity contribution in [2.75, 3.05) is 13.7 Å². The molecule has 0 bridgehead atoms. The number of methoxy groups -OCH3 is 1. The third kappa shape index (κ3) is 3.81. The van der Waals surface area contributed by atoms with E-state index in [1.807, 2.05) is 31.2 Å². The van der Waals surface area contributed by atoms with Crippen LogP contribution in [0, 0.1) is 6.92 Å². The fourth-order valence-electron chi connectivity index (χ4n) is 3.56. The standard InChI is InChI=1S/C23H24N2O2/c1-16-7-6-10-20(25-16)23-19-14-22(27-15-17-8-4-3-5-9-17)21(26-2)13-18(19)11-12-24-23/h3-10,13-14,23-24H,11-12,15H2,1-2H3. The van der Waals surface area contributed by atoms with E-state index in [-0.39, 0.29) is 6.04 Å². The first-order valence-corrected chi connectivity index (χ1v) is 9.29. The van der Waals surface area contributed by atoms with Crippen molar-refractivity contribution in [1.82, 2.24) is 10.3 Å². The van der Waals surface area contributed by atoms with Crippen LogP contribution in [0.15, 0.2) is 60.7 Å². The molecule has 0 aliphatic carbocycles. The van der Waals surface area contributed by atoms with Crippen LogP contribution >= 0.6 is 0 Å². The summed E-state index contributed by atoms with van der Waals surface area (Å²) in [5.74, 6) is 1.55. The Morgan fingerprint density at radius 1 is 1.04 bits per heavy atom. The summed E-state index contributed by atoms with van der Waals surface area (Å²) < 4.78 is 11.7. The van der Waals surface area contributed by atoms with Crippen LogP contribution in [0.4, 0.5) is 0 Å². The largest absolute Gasteiger partial charge is 0.493 e. The lowest BCUT2D eigenvalue weighted by Gasteiger charge is -2.28. The fraction of sp³-hybridized carbons (Fsp3) is 0.261. The van der Waals surface area contributed by atoms with Gasteiger partial charge in [0.25, 0.3) is 0 Å². The van der Waals surface area contributed by atoms with Crippen LogP contribution in [0.5, 0.6) is 11.5 Å². The Balaban J connectivity index is 1.68. The second kappa shape index (κ2) is 7.80. The van der Waals surface area contributed by atoms with Gasteiger partial charge in [0.1, 0.15) is 6.61 Å². The van der Waals surface area contributed by atoms with E-state index in [9.17, 15) is 0 Å². The second-order valence-electron chi connectivity index (χ2n) is 6.82. The summed E-state index contributed by atoms with van der Waals surface area (Å²) in [6, 6.07) is 20.6. The topological polar surface area (TPSA) is 43.4 Å². The molecule has 0 radical (unpaired) electrons. The SMILES string of the molecule is COc1cc2c(cc1OCc1ccccc1)C(c1cccc(C)n1)NCC2. The molecule has 138 valence electrons. The predicted octanol–water partition coefficient (Wildman–Crippen LogP) is 4.21. The summed E-state index contributed by atoms with van der Waals surface area (Å²) in [5.41, 5.74) is 5.69. The molecule has 0 saturated heterocycles. The molecule has 1 atom stereocenters.